The van der Waals surface area contributed by atoms with Gasteiger partial charge in [-0.1, -0.05) is 36.0 Å². The lowest BCUT2D eigenvalue weighted by Gasteiger charge is -2.26. The third-order valence-electron chi connectivity index (χ3n) is 5.15. The van der Waals surface area contributed by atoms with Crippen LogP contribution in [0, 0.1) is 0 Å². The maximum Gasteiger partial charge on any atom is 0.191 e. The highest BCUT2D eigenvalue weighted by atomic mass is 32.2. The average molecular weight is 391 g/mol. The number of methoxy groups -OCH3 is 1. The number of anilines is 1. The number of aryl methyl sites for hydroxylation is 1. The molecule has 0 saturated heterocycles. The molecule has 142 valence electrons. The summed E-state index contributed by atoms with van der Waals surface area (Å²) in [6, 6.07) is 15.5. The number of rotatable bonds is 3. The molecule has 2 aromatic carbocycles. The summed E-state index contributed by atoms with van der Waals surface area (Å²) in [6.45, 7) is 3.51. The van der Waals surface area contributed by atoms with E-state index in [9.17, 15) is 9.59 Å². The van der Waals surface area contributed by atoms with Gasteiger partial charge in [-0.2, -0.15) is 0 Å². The van der Waals surface area contributed by atoms with Crippen LogP contribution in [-0.2, 0) is 11.2 Å². The minimum absolute atomic E-state index is 0.0141. The molecule has 0 spiro atoms. The van der Waals surface area contributed by atoms with Crippen molar-refractivity contribution in [3.05, 3.63) is 80.9 Å². The Labute approximate surface area is 168 Å². The Kier molecular flexibility index (Phi) is 4.85. The highest BCUT2D eigenvalue weighted by Crippen LogP contribution is 2.47. The number of thioether (sulfide) groups is 1. The predicted octanol–water partition coefficient (Wildman–Crippen LogP) is 5.11. The molecular weight excluding hydrogens is 370 g/mol. The van der Waals surface area contributed by atoms with Gasteiger partial charge in [-0.05, 0) is 56.5 Å². The summed E-state index contributed by atoms with van der Waals surface area (Å²) in [6.07, 6.45) is 1.50. The van der Waals surface area contributed by atoms with Gasteiger partial charge in [0, 0.05) is 22.5 Å². The molecule has 0 N–H and O–H groups in total. The van der Waals surface area contributed by atoms with Gasteiger partial charge in [-0.3, -0.25) is 9.59 Å². The molecule has 0 unspecified atom stereocenters. The minimum atomic E-state index is 0.0141. The Morgan fingerprint density at radius 3 is 2.46 bits per heavy atom. The fourth-order valence-electron chi connectivity index (χ4n) is 3.74. The zero-order chi connectivity index (χ0) is 19.8. The normalized spacial score (nSPS) is 19.1. The molecule has 1 aliphatic heterocycles. The van der Waals surface area contributed by atoms with E-state index in [1.54, 1.807) is 14.0 Å². The van der Waals surface area contributed by atoms with Crippen LogP contribution in [0.3, 0.4) is 0 Å². The van der Waals surface area contributed by atoms with Crippen LogP contribution in [0.5, 0.6) is 5.75 Å². The Bertz CT molecular complexity index is 1030. The fraction of sp³-hybridized carbons (Fsp3) is 0.217. The first kappa shape index (κ1) is 18.6. The molecule has 1 aliphatic carbocycles. The number of carbonyl (C=O) groups is 2. The first-order valence-electron chi connectivity index (χ1n) is 9.21. The molecule has 0 aromatic heterocycles. The van der Waals surface area contributed by atoms with Crippen LogP contribution >= 0.6 is 11.8 Å². The molecular formula is C23H21NO3S. The molecule has 2 aliphatic rings. The van der Waals surface area contributed by atoms with Crippen molar-refractivity contribution in [2.75, 3.05) is 12.0 Å². The molecule has 2 aromatic rings. The van der Waals surface area contributed by atoms with Crippen LogP contribution in [-0.4, -0.2) is 18.7 Å². The summed E-state index contributed by atoms with van der Waals surface area (Å²) in [4.78, 5) is 28.2. The lowest BCUT2D eigenvalue weighted by molar-refractivity contribution is -0.113. The highest BCUT2D eigenvalue weighted by Gasteiger charge is 2.35. The second-order valence-electron chi connectivity index (χ2n) is 6.88. The number of nitrogens with zero attached hydrogens (tertiary/aromatic N) is 1. The van der Waals surface area contributed by atoms with Crippen molar-refractivity contribution in [3.63, 3.8) is 0 Å². The van der Waals surface area contributed by atoms with Crippen molar-refractivity contribution in [1.82, 2.24) is 0 Å². The average Bonchev–Trinajstić information content (AvgIpc) is 3.06. The number of Topliss-reactive ketones (excluding diaryl/α,β-unsaturated/α-hetero) is 2. The van der Waals surface area contributed by atoms with Gasteiger partial charge in [0.2, 0.25) is 0 Å². The van der Waals surface area contributed by atoms with Crippen molar-refractivity contribution in [1.29, 1.82) is 0 Å². The van der Waals surface area contributed by atoms with Crippen molar-refractivity contribution >= 4 is 29.0 Å². The lowest BCUT2D eigenvalue weighted by atomic mass is 9.87. The van der Waals surface area contributed by atoms with Crippen LogP contribution in [0.15, 0.2) is 69.7 Å². The van der Waals surface area contributed by atoms with Gasteiger partial charge < -0.3 is 9.64 Å². The topological polar surface area (TPSA) is 46.6 Å². The minimum Gasteiger partial charge on any atom is -0.497 e. The van der Waals surface area contributed by atoms with Gasteiger partial charge >= 0.3 is 0 Å². The molecule has 0 amide bonds. The number of ketones is 2. The van der Waals surface area contributed by atoms with E-state index in [4.69, 9.17) is 4.74 Å². The number of ether oxygens (including phenoxy) is 1. The smallest absolute Gasteiger partial charge is 0.191 e. The number of benzene rings is 2. The summed E-state index contributed by atoms with van der Waals surface area (Å²) in [5.74, 6) is 0.835. The van der Waals surface area contributed by atoms with E-state index in [2.05, 4.69) is 0 Å². The van der Waals surface area contributed by atoms with E-state index in [1.807, 2.05) is 60.4 Å². The van der Waals surface area contributed by atoms with Crippen LogP contribution in [0.2, 0.25) is 0 Å². The number of hydrogen-bond acceptors (Lipinski definition) is 5. The number of allylic oxidation sites excluding steroid dienone is 3. The van der Waals surface area contributed by atoms with Gasteiger partial charge in [0.1, 0.15) is 5.75 Å². The molecule has 4 nitrogen and oxygen atoms in total. The number of carbonyl (C=O) groups excluding carboxylic acids is 2. The molecule has 0 atom stereocenters. The number of hydrogen-bond donors (Lipinski definition) is 0. The largest absolute Gasteiger partial charge is 0.497 e. The molecule has 0 bridgehead atoms. The standard InChI is InChI=1S/C23H21NO3S/c1-14-22(15(2)25)28-23(24(14)17-9-11-18(27-3)12-10-17)20-13-8-16-6-4-5-7-19(16)21(20)26/h4-7,9-12H,8,13H2,1-3H3. The van der Waals surface area contributed by atoms with E-state index in [0.717, 1.165) is 45.3 Å². The molecule has 4 rings (SSSR count). The van der Waals surface area contributed by atoms with Crippen molar-refractivity contribution in [2.45, 2.75) is 26.7 Å². The van der Waals surface area contributed by atoms with Gasteiger partial charge in [-0.15, -0.1) is 0 Å². The first-order chi connectivity index (χ1) is 13.5. The van der Waals surface area contributed by atoms with Gasteiger partial charge in [0.05, 0.1) is 17.0 Å². The molecule has 5 heteroatoms. The second kappa shape index (κ2) is 7.32. The van der Waals surface area contributed by atoms with Crippen molar-refractivity contribution < 1.29 is 14.3 Å². The summed E-state index contributed by atoms with van der Waals surface area (Å²) in [7, 11) is 1.63. The molecule has 28 heavy (non-hydrogen) atoms. The van der Waals surface area contributed by atoms with Crippen LogP contribution in [0.4, 0.5) is 5.69 Å². The molecule has 0 fully saturated rings. The van der Waals surface area contributed by atoms with E-state index in [1.165, 1.54) is 11.8 Å². The van der Waals surface area contributed by atoms with Crippen LogP contribution < -0.4 is 9.64 Å². The Balaban J connectivity index is 1.84. The summed E-state index contributed by atoms with van der Waals surface area (Å²) >= 11 is 1.41. The second-order valence-corrected chi connectivity index (χ2v) is 7.88. The SMILES string of the molecule is COc1ccc(N2C(C)=C(C(C)=O)SC2=C2CCc3ccccc3C2=O)cc1. The summed E-state index contributed by atoms with van der Waals surface area (Å²) in [5, 5.41) is 0.840. The maximum atomic E-state index is 13.2. The third kappa shape index (κ3) is 3.06. The molecule has 0 saturated carbocycles. The Morgan fingerprint density at radius 1 is 1.07 bits per heavy atom. The van der Waals surface area contributed by atoms with Crippen molar-refractivity contribution in [3.8, 4) is 5.75 Å². The van der Waals surface area contributed by atoms with E-state index in [0.29, 0.717) is 11.3 Å². The number of fused-ring (bicyclic) bond motifs is 1. The van der Waals surface area contributed by atoms with Gasteiger partial charge in [-0.25, -0.2) is 0 Å². The zero-order valence-corrected chi connectivity index (χ0v) is 16.9. The van der Waals surface area contributed by atoms with Crippen LogP contribution in [0.1, 0.15) is 36.2 Å². The fourth-order valence-corrected chi connectivity index (χ4v) is 4.96. The monoisotopic (exact) mass is 391 g/mol. The first-order valence-corrected chi connectivity index (χ1v) is 10.0. The van der Waals surface area contributed by atoms with Crippen molar-refractivity contribution in [2.24, 2.45) is 0 Å². The highest BCUT2D eigenvalue weighted by molar-refractivity contribution is 8.08. The summed E-state index contributed by atoms with van der Waals surface area (Å²) < 4.78 is 5.26. The Morgan fingerprint density at radius 2 is 1.79 bits per heavy atom. The predicted molar refractivity (Wildman–Crippen MR) is 113 cm³/mol. The summed E-state index contributed by atoms with van der Waals surface area (Å²) in [5.41, 5.74) is 4.40. The van der Waals surface area contributed by atoms with E-state index < -0.39 is 0 Å². The molecule has 1 heterocycles. The Hall–Kier alpha value is -2.79. The van der Waals surface area contributed by atoms with E-state index in [-0.39, 0.29) is 11.6 Å². The third-order valence-corrected chi connectivity index (χ3v) is 6.56. The van der Waals surface area contributed by atoms with Gasteiger partial charge in [0.15, 0.2) is 11.6 Å². The quantitative estimate of drug-likeness (QED) is 0.681. The maximum absolute atomic E-state index is 13.2. The van der Waals surface area contributed by atoms with Crippen LogP contribution in [0.25, 0.3) is 0 Å². The molecule has 0 radical (unpaired) electrons. The van der Waals surface area contributed by atoms with E-state index >= 15 is 0 Å². The van der Waals surface area contributed by atoms with Gasteiger partial charge in [0.25, 0.3) is 0 Å². The lowest BCUT2D eigenvalue weighted by Crippen LogP contribution is -2.22. The zero-order valence-electron chi connectivity index (χ0n) is 16.1.